The largest absolute Gasteiger partial charge is 0.494 e. The van der Waals surface area contributed by atoms with Crippen LogP contribution in [0.5, 0.6) is 5.75 Å². The Morgan fingerprint density at radius 2 is 1.79 bits per heavy atom. The molecule has 152 valence electrons. The number of carbonyl (C=O) groups excluding carboxylic acids is 1. The summed E-state index contributed by atoms with van der Waals surface area (Å²) in [6.45, 7) is 6.07. The predicted octanol–water partition coefficient (Wildman–Crippen LogP) is 5.83. The van der Waals surface area contributed by atoms with E-state index in [2.05, 4.69) is 10.6 Å². The van der Waals surface area contributed by atoms with Crippen LogP contribution in [0.2, 0.25) is 5.02 Å². The van der Waals surface area contributed by atoms with Gasteiger partial charge in [0, 0.05) is 5.69 Å². The lowest BCUT2D eigenvalue weighted by Gasteiger charge is -2.24. The average Bonchev–Trinajstić information content (AvgIpc) is 2.61. The van der Waals surface area contributed by atoms with Gasteiger partial charge in [-0.05, 0) is 55.3 Å². The third kappa shape index (κ3) is 5.79. The summed E-state index contributed by atoms with van der Waals surface area (Å²) in [5, 5.41) is 5.63. The van der Waals surface area contributed by atoms with Crippen molar-refractivity contribution in [2.45, 2.75) is 33.0 Å². The lowest BCUT2D eigenvalue weighted by atomic mass is 10.0. The van der Waals surface area contributed by atoms with Crippen molar-refractivity contribution in [3.8, 4) is 5.75 Å². The molecular formula is C20H22ClF3N2O2. The zero-order valence-corrected chi connectivity index (χ0v) is 16.5. The van der Waals surface area contributed by atoms with Gasteiger partial charge in [0.1, 0.15) is 11.8 Å². The van der Waals surface area contributed by atoms with E-state index in [4.69, 9.17) is 16.3 Å². The molecule has 2 aromatic rings. The summed E-state index contributed by atoms with van der Waals surface area (Å²) in [6.07, 6.45) is -4.48. The summed E-state index contributed by atoms with van der Waals surface area (Å²) >= 11 is 5.99. The highest BCUT2D eigenvalue weighted by atomic mass is 35.5. The number of benzene rings is 2. The number of anilines is 2. The Balaban J connectivity index is 2.13. The van der Waals surface area contributed by atoms with Crippen molar-refractivity contribution in [2.75, 3.05) is 17.2 Å². The molecule has 1 atom stereocenters. The van der Waals surface area contributed by atoms with Gasteiger partial charge in [0.05, 0.1) is 22.9 Å². The smallest absolute Gasteiger partial charge is 0.416 e. The maximum atomic E-state index is 12.8. The third-order valence-corrected chi connectivity index (χ3v) is 4.30. The molecule has 2 N–H and O–H groups in total. The third-order valence-electron chi connectivity index (χ3n) is 3.99. The Bertz CT molecular complexity index is 808. The Labute approximate surface area is 167 Å². The van der Waals surface area contributed by atoms with Crippen molar-refractivity contribution in [3.63, 3.8) is 0 Å². The normalized spacial score (nSPS) is 12.6. The minimum atomic E-state index is -4.48. The van der Waals surface area contributed by atoms with Gasteiger partial charge in [-0.1, -0.05) is 25.4 Å². The van der Waals surface area contributed by atoms with Gasteiger partial charge >= 0.3 is 6.18 Å². The van der Waals surface area contributed by atoms with E-state index < -0.39 is 17.8 Å². The second-order valence-corrected chi connectivity index (χ2v) is 6.91. The molecule has 4 nitrogen and oxygen atoms in total. The average molecular weight is 415 g/mol. The zero-order chi connectivity index (χ0) is 20.9. The van der Waals surface area contributed by atoms with E-state index in [1.54, 1.807) is 24.3 Å². The van der Waals surface area contributed by atoms with Crippen LogP contribution in [0, 0.1) is 5.92 Å². The number of hydrogen-bond donors (Lipinski definition) is 2. The van der Waals surface area contributed by atoms with Gasteiger partial charge in [-0.15, -0.1) is 0 Å². The molecular weight excluding hydrogens is 393 g/mol. The Hall–Kier alpha value is -2.41. The number of carbonyl (C=O) groups is 1. The van der Waals surface area contributed by atoms with Gasteiger partial charge in [0.25, 0.3) is 0 Å². The second kappa shape index (κ2) is 9.19. The van der Waals surface area contributed by atoms with Crippen LogP contribution in [-0.4, -0.2) is 18.6 Å². The van der Waals surface area contributed by atoms with Crippen LogP contribution >= 0.6 is 11.6 Å². The van der Waals surface area contributed by atoms with Crippen LogP contribution in [0.15, 0.2) is 42.5 Å². The van der Waals surface area contributed by atoms with Gasteiger partial charge in [-0.2, -0.15) is 13.2 Å². The maximum absolute atomic E-state index is 12.8. The fraction of sp³-hybridized carbons (Fsp3) is 0.350. The van der Waals surface area contributed by atoms with Gasteiger partial charge in [-0.3, -0.25) is 4.79 Å². The zero-order valence-electron chi connectivity index (χ0n) is 15.7. The SMILES string of the molecule is CCOc1ccc(NC(=O)[C@@H](Nc2ccc(C(F)(F)F)cc2Cl)C(C)C)cc1. The molecule has 0 spiro atoms. The molecule has 0 aliphatic heterocycles. The van der Waals surface area contributed by atoms with Gasteiger partial charge in [0.2, 0.25) is 5.91 Å². The number of halogens is 4. The molecule has 2 aromatic carbocycles. The van der Waals surface area contributed by atoms with Gasteiger partial charge in [0.15, 0.2) is 0 Å². The van der Waals surface area contributed by atoms with Gasteiger partial charge in [-0.25, -0.2) is 0 Å². The fourth-order valence-corrected chi connectivity index (χ4v) is 2.77. The molecule has 0 aromatic heterocycles. The Morgan fingerprint density at radius 3 is 2.29 bits per heavy atom. The molecule has 0 aliphatic carbocycles. The monoisotopic (exact) mass is 414 g/mol. The van der Waals surface area contributed by atoms with Crippen molar-refractivity contribution in [2.24, 2.45) is 5.92 Å². The van der Waals surface area contributed by atoms with Crippen LogP contribution in [0.25, 0.3) is 0 Å². The molecule has 0 radical (unpaired) electrons. The maximum Gasteiger partial charge on any atom is 0.416 e. The van der Waals surface area contributed by atoms with Crippen molar-refractivity contribution in [3.05, 3.63) is 53.1 Å². The number of ether oxygens (including phenoxy) is 1. The van der Waals surface area contributed by atoms with Crippen LogP contribution in [-0.2, 0) is 11.0 Å². The number of nitrogens with one attached hydrogen (secondary N) is 2. The molecule has 28 heavy (non-hydrogen) atoms. The first kappa shape index (κ1) is 21.9. The van der Waals surface area contributed by atoms with Crippen molar-refractivity contribution in [1.29, 1.82) is 0 Å². The molecule has 0 saturated heterocycles. The van der Waals surface area contributed by atoms with E-state index in [1.807, 2.05) is 20.8 Å². The number of alkyl halides is 3. The molecule has 0 fully saturated rings. The van der Waals surface area contributed by atoms with E-state index in [9.17, 15) is 18.0 Å². The van der Waals surface area contributed by atoms with Crippen LogP contribution in [0.4, 0.5) is 24.5 Å². The van der Waals surface area contributed by atoms with Gasteiger partial charge < -0.3 is 15.4 Å². The fourth-order valence-electron chi connectivity index (χ4n) is 2.53. The molecule has 1 amide bonds. The number of rotatable bonds is 7. The van der Waals surface area contributed by atoms with Crippen LogP contribution < -0.4 is 15.4 Å². The summed E-state index contributed by atoms with van der Waals surface area (Å²) in [5.41, 5.74) is -0.00221. The minimum Gasteiger partial charge on any atom is -0.494 e. The molecule has 0 bridgehead atoms. The Morgan fingerprint density at radius 1 is 1.14 bits per heavy atom. The van der Waals surface area contributed by atoms with E-state index in [0.717, 1.165) is 12.1 Å². The lowest BCUT2D eigenvalue weighted by Crippen LogP contribution is -2.39. The number of hydrogen-bond acceptors (Lipinski definition) is 3. The molecule has 0 unspecified atom stereocenters. The first-order valence-corrected chi connectivity index (χ1v) is 9.16. The predicted molar refractivity (Wildman–Crippen MR) is 105 cm³/mol. The molecule has 2 rings (SSSR count). The lowest BCUT2D eigenvalue weighted by molar-refractivity contribution is -0.137. The number of amides is 1. The topological polar surface area (TPSA) is 50.4 Å². The summed E-state index contributed by atoms with van der Waals surface area (Å²) in [4.78, 5) is 12.7. The highest BCUT2D eigenvalue weighted by Gasteiger charge is 2.31. The minimum absolute atomic E-state index is 0.102. The molecule has 0 aliphatic rings. The Kier molecular flexibility index (Phi) is 7.18. The highest BCUT2D eigenvalue weighted by molar-refractivity contribution is 6.33. The standard InChI is InChI=1S/C20H22ClF3N2O2/c1-4-28-15-8-6-14(7-9-15)25-19(27)18(12(2)3)26-17-10-5-13(11-16(17)21)20(22,23)24/h5-12,18,26H,4H2,1-3H3,(H,25,27)/t18-/m0/s1. The first-order valence-electron chi connectivity index (χ1n) is 8.78. The molecule has 8 heteroatoms. The van der Waals surface area contributed by atoms with E-state index in [1.165, 1.54) is 6.07 Å². The molecule has 0 saturated carbocycles. The summed E-state index contributed by atoms with van der Waals surface area (Å²) in [5.74, 6) is 0.228. The summed E-state index contributed by atoms with van der Waals surface area (Å²) in [6, 6.07) is 9.21. The second-order valence-electron chi connectivity index (χ2n) is 6.51. The van der Waals surface area contributed by atoms with E-state index in [0.29, 0.717) is 18.0 Å². The highest BCUT2D eigenvalue weighted by Crippen LogP contribution is 2.34. The quantitative estimate of drug-likeness (QED) is 0.599. The van der Waals surface area contributed by atoms with E-state index in [-0.39, 0.29) is 22.5 Å². The van der Waals surface area contributed by atoms with Crippen LogP contribution in [0.3, 0.4) is 0 Å². The van der Waals surface area contributed by atoms with Crippen molar-refractivity contribution >= 4 is 28.9 Å². The van der Waals surface area contributed by atoms with Crippen molar-refractivity contribution in [1.82, 2.24) is 0 Å². The first-order chi connectivity index (χ1) is 13.1. The molecule has 0 heterocycles. The van der Waals surface area contributed by atoms with Crippen LogP contribution in [0.1, 0.15) is 26.3 Å². The van der Waals surface area contributed by atoms with Crippen molar-refractivity contribution < 1.29 is 22.7 Å². The summed E-state index contributed by atoms with van der Waals surface area (Å²) < 4.78 is 43.7. The summed E-state index contributed by atoms with van der Waals surface area (Å²) in [7, 11) is 0. The van der Waals surface area contributed by atoms with E-state index >= 15 is 0 Å².